The number of hydrogen-bond donors (Lipinski definition) is 1. The fourth-order valence-electron chi connectivity index (χ4n) is 4.15. The molecule has 1 unspecified atom stereocenters. The van der Waals surface area contributed by atoms with E-state index in [9.17, 15) is 13.2 Å². The van der Waals surface area contributed by atoms with Crippen LogP contribution in [0, 0.1) is 20.8 Å². The number of nitrogens with zero attached hydrogens (tertiary/aromatic N) is 2. The summed E-state index contributed by atoms with van der Waals surface area (Å²) in [7, 11) is -3.54. The van der Waals surface area contributed by atoms with Crippen molar-refractivity contribution in [3.05, 3.63) is 64.7 Å². The Labute approximate surface area is 179 Å². The molecule has 1 heterocycles. The van der Waals surface area contributed by atoms with E-state index in [-0.39, 0.29) is 18.5 Å². The van der Waals surface area contributed by atoms with Crippen molar-refractivity contribution < 1.29 is 13.2 Å². The van der Waals surface area contributed by atoms with Gasteiger partial charge in [-0.25, -0.2) is 8.42 Å². The Morgan fingerprint density at radius 3 is 2.13 bits per heavy atom. The second-order valence-corrected chi connectivity index (χ2v) is 9.98. The fraction of sp³-hybridized carbons (Fsp3) is 0.435. The number of aryl methyl sites for hydroxylation is 3. The Morgan fingerprint density at radius 1 is 1.00 bits per heavy atom. The maximum atomic E-state index is 13.2. The topological polar surface area (TPSA) is 69.7 Å². The van der Waals surface area contributed by atoms with Crippen LogP contribution in [-0.4, -0.2) is 56.3 Å². The van der Waals surface area contributed by atoms with Gasteiger partial charge in [0.05, 0.1) is 17.5 Å². The molecule has 0 aliphatic carbocycles. The molecule has 1 amide bonds. The lowest BCUT2D eigenvalue weighted by Crippen LogP contribution is -2.51. The molecule has 0 bridgehead atoms. The summed E-state index contributed by atoms with van der Waals surface area (Å²) in [6.07, 6.45) is 0. The molecule has 1 atom stereocenters. The number of rotatable bonds is 6. The number of nitrogens with one attached hydrogen (secondary N) is 1. The van der Waals surface area contributed by atoms with E-state index in [1.807, 2.05) is 75.1 Å². The Kier molecular flexibility index (Phi) is 6.95. The molecule has 0 saturated carbocycles. The van der Waals surface area contributed by atoms with Gasteiger partial charge < -0.3 is 5.32 Å². The van der Waals surface area contributed by atoms with Gasteiger partial charge in [0.15, 0.2) is 0 Å². The summed E-state index contributed by atoms with van der Waals surface area (Å²) in [6, 6.07) is 13.6. The molecule has 1 aliphatic rings. The van der Waals surface area contributed by atoms with E-state index in [4.69, 9.17) is 0 Å². The van der Waals surface area contributed by atoms with Crippen molar-refractivity contribution >= 4 is 15.9 Å². The second-order valence-electron chi connectivity index (χ2n) is 8.11. The first-order valence-electron chi connectivity index (χ1n) is 10.3. The third-order valence-corrected chi connectivity index (χ3v) is 7.78. The zero-order valence-electron chi connectivity index (χ0n) is 18.2. The van der Waals surface area contributed by atoms with Crippen molar-refractivity contribution in [3.8, 4) is 0 Å². The summed E-state index contributed by atoms with van der Waals surface area (Å²) in [4.78, 5) is 14.9. The van der Waals surface area contributed by atoms with Crippen molar-refractivity contribution in [3.63, 3.8) is 0 Å². The van der Waals surface area contributed by atoms with Crippen LogP contribution in [0.15, 0.2) is 47.4 Å². The van der Waals surface area contributed by atoms with Crippen molar-refractivity contribution in [1.82, 2.24) is 14.5 Å². The highest BCUT2D eigenvalue weighted by molar-refractivity contribution is 7.89. The lowest BCUT2D eigenvalue weighted by Gasteiger charge is -2.34. The van der Waals surface area contributed by atoms with Crippen LogP contribution < -0.4 is 5.32 Å². The molecule has 2 aromatic rings. The van der Waals surface area contributed by atoms with Crippen molar-refractivity contribution in [2.24, 2.45) is 0 Å². The Morgan fingerprint density at radius 2 is 1.57 bits per heavy atom. The molecule has 1 saturated heterocycles. The molecule has 30 heavy (non-hydrogen) atoms. The van der Waals surface area contributed by atoms with E-state index in [1.54, 1.807) is 4.31 Å². The van der Waals surface area contributed by atoms with Crippen LogP contribution in [0.5, 0.6) is 0 Å². The summed E-state index contributed by atoms with van der Waals surface area (Å²) < 4.78 is 27.9. The minimum atomic E-state index is -3.54. The highest BCUT2D eigenvalue weighted by atomic mass is 32.2. The molecule has 7 heteroatoms. The van der Waals surface area contributed by atoms with Crippen LogP contribution in [0.2, 0.25) is 0 Å². The maximum Gasteiger partial charge on any atom is 0.243 e. The molecule has 6 nitrogen and oxygen atoms in total. The van der Waals surface area contributed by atoms with E-state index >= 15 is 0 Å². The van der Waals surface area contributed by atoms with Crippen LogP contribution in [0.1, 0.15) is 35.2 Å². The van der Waals surface area contributed by atoms with Gasteiger partial charge in [-0.1, -0.05) is 48.0 Å². The van der Waals surface area contributed by atoms with E-state index in [2.05, 4.69) is 5.32 Å². The normalized spacial score (nSPS) is 16.9. The van der Waals surface area contributed by atoms with Gasteiger partial charge >= 0.3 is 0 Å². The Hall–Kier alpha value is -2.22. The summed E-state index contributed by atoms with van der Waals surface area (Å²) in [5.74, 6) is -0.0483. The molecule has 1 aliphatic heterocycles. The monoisotopic (exact) mass is 429 g/mol. The van der Waals surface area contributed by atoms with Gasteiger partial charge in [0.25, 0.3) is 0 Å². The highest BCUT2D eigenvalue weighted by Gasteiger charge is 2.31. The lowest BCUT2D eigenvalue weighted by atomic mass is 10.1. The molecule has 1 fully saturated rings. The first-order valence-corrected chi connectivity index (χ1v) is 11.8. The minimum Gasteiger partial charge on any atom is -0.348 e. The highest BCUT2D eigenvalue weighted by Crippen LogP contribution is 2.26. The largest absolute Gasteiger partial charge is 0.348 e. The number of carbonyl (C=O) groups is 1. The zero-order chi connectivity index (χ0) is 21.9. The van der Waals surface area contributed by atoms with Crippen LogP contribution in [0.4, 0.5) is 0 Å². The SMILES string of the molecule is Cc1cc(C)c(S(=O)(=O)N2CCN(CC(=O)NC(C)c3ccccc3)CC2)c(C)c1. The summed E-state index contributed by atoms with van der Waals surface area (Å²) >= 11 is 0. The van der Waals surface area contributed by atoms with Crippen molar-refractivity contribution in [2.45, 2.75) is 38.6 Å². The molecular formula is C23H31N3O3S. The molecule has 0 aromatic heterocycles. The van der Waals surface area contributed by atoms with Gasteiger partial charge in [-0.05, 0) is 44.4 Å². The quantitative estimate of drug-likeness (QED) is 0.767. The van der Waals surface area contributed by atoms with Crippen molar-refractivity contribution in [2.75, 3.05) is 32.7 Å². The van der Waals surface area contributed by atoms with Crippen LogP contribution in [-0.2, 0) is 14.8 Å². The smallest absolute Gasteiger partial charge is 0.243 e. The lowest BCUT2D eigenvalue weighted by molar-refractivity contribution is -0.123. The Balaban J connectivity index is 1.57. The van der Waals surface area contributed by atoms with Crippen LogP contribution >= 0.6 is 0 Å². The van der Waals surface area contributed by atoms with Gasteiger partial charge in [-0.2, -0.15) is 4.31 Å². The van der Waals surface area contributed by atoms with Crippen LogP contribution in [0.25, 0.3) is 0 Å². The summed E-state index contributed by atoms with van der Waals surface area (Å²) in [5, 5.41) is 3.02. The number of sulfonamides is 1. The first-order chi connectivity index (χ1) is 14.2. The second kappa shape index (κ2) is 9.29. The van der Waals surface area contributed by atoms with E-state index in [0.29, 0.717) is 31.1 Å². The third kappa shape index (κ3) is 5.09. The first kappa shape index (κ1) is 22.5. The average molecular weight is 430 g/mol. The van der Waals surface area contributed by atoms with Crippen LogP contribution in [0.3, 0.4) is 0 Å². The number of benzene rings is 2. The number of hydrogen-bond acceptors (Lipinski definition) is 4. The van der Waals surface area contributed by atoms with E-state index in [1.165, 1.54) is 0 Å². The summed E-state index contributed by atoms with van der Waals surface area (Å²) in [6.45, 7) is 9.75. The predicted molar refractivity (Wildman–Crippen MR) is 119 cm³/mol. The van der Waals surface area contributed by atoms with Gasteiger partial charge in [-0.3, -0.25) is 9.69 Å². The molecule has 1 N–H and O–H groups in total. The molecule has 3 rings (SSSR count). The van der Waals surface area contributed by atoms with E-state index in [0.717, 1.165) is 22.3 Å². The van der Waals surface area contributed by atoms with Gasteiger partial charge in [-0.15, -0.1) is 0 Å². The van der Waals surface area contributed by atoms with Gasteiger partial charge in [0.1, 0.15) is 0 Å². The standard InChI is InChI=1S/C23H31N3O3S/c1-17-14-18(2)23(19(3)15-17)30(28,29)26-12-10-25(11-13-26)16-22(27)24-20(4)21-8-6-5-7-9-21/h5-9,14-15,20H,10-13,16H2,1-4H3,(H,24,27). The number of carbonyl (C=O) groups excluding carboxylic acids is 1. The van der Waals surface area contributed by atoms with Gasteiger partial charge in [0.2, 0.25) is 15.9 Å². The number of amides is 1. The average Bonchev–Trinajstić information content (AvgIpc) is 2.68. The molecule has 0 spiro atoms. The third-order valence-electron chi connectivity index (χ3n) is 5.58. The van der Waals surface area contributed by atoms with Gasteiger partial charge in [0, 0.05) is 26.2 Å². The maximum absolute atomic E-state index is 13.2. The summed E-state index contributed by atoms with van der Waals surface area (Å²) in [5.41, 5.74) is 3.68. The zero-order valence-corrected chi connectivity index (χ0v) is 19.0. The molecule has 0 radical (unpaired) electrons. The minimum absolute atomic E-state index is 0.0483. The predicted octanol–water partition coefficient (Wildman–Crippen LogP) is 2.80. The Bertz CT molecular complexity index is 975. The van der Waals surface area contributed by atoms with Crippen molar-refractivity contribution in [1.29, 1.82) is 0 Å². The number of piperazine rings is 1. The molecule has 2 aromatic carbocycles. The fourth-order valence-corrected chi connectivity index (χ4v) is 5.98. The molecular weight excluding hydrogens is 398 g/mol. The van der Waals surface area contributed by atoms with E-state index < -0.39 is 10.0 Å². The molecule has 162 valence electrons.